The molecule has 0 aromatic heterocycles. The van der Waals surface area contributed by atoms with Gasteiger partial charge in [0.15, 0.2) is 34.5 Å². The highest BCUT2D eigenvalue weighted by Crippen LogP contribution is 2.39. The molecule has 0 saturated heterocycles. The molecule has 4 aromatic rings. The van der Waals surface area contributed by atoms with Crippen molar-refractivity contribution >= 4 is 28.8 Å². The van der Waals surface area contributed by atoms with Crippen LogP contribution in [0, 0.1) is 0 Å². The normalized spacial score (nSPS) is 12.0. The summed E-state index contributed by atoms with van der Waals surface area (Å²) in [4.78, 5) is 24.1. The smallest absolute Gasteiger partial charge is 0.345 e. The maximum absolute atomic E-state index is 12.5. The van der Waals surface area contributed by atoms with Crippen molar-refractivity contribution in [1.82, 2.24) is 0 Å². The molecule has 194 valence electrons. The Labute approximate surface area is 215 Å². The number of benzene rings is 4. The lowest BCUT2D eigenvalue weighted by Gasteiger charge is -2.13. The van der Waals surface area contributed by atoms with Crippen molar-refractivity contribution in [3.8, 4) is 45.6 Å². The van der Waals surface area contributed by atoms with Crippen molar-refractivity contribution in [2.24, 2.45) is 0 Å². The largest absolute Gasteiger partial charge is 0.504 e. The number of carbonyl (C=O) groups is 2. The van der Waals surface area contributed by atoms with Crippen molar-refractivity contribution in [2.45, 2.75) is 12.5 Å². The van der Waals surface area contributed by atoms with E-state index in [1.54, 1.807) is 18.2 Å². The van der Waals surface area contributed by atoms with E-state index in [0.717, 1.165) is 12.1 Å². The number of phenols is 6. The molecule has 0 fully saturated rings. The van der Waals surface area contributed by atoms with Crippen LogP contribution < -0.4 is 0 Å². The molecule has 4 aromatic carbocycles. The van der Waals surface area contributed by atoms with Gasteiger partial charge in [-0.25, -0.2) is 9.59 Å². The molecule has 0 bridgehead atoms. The van der Waals surface area contributed by atoms with E-state index in [9.17, 15) is 45.3 Å². The van der Waals surface area contributed by atoms with Crippen molar-refractivity contribution in [1.29, 1.82) is 0 Å². The number of rotatable bonds is 7. The van der Waals surface area contributed by atoms with Gasteiger partial charge in [0.05, 0.1) is 0 Å². The Morgan fingerprint density at radius 1 is 0.711 bits per heavy atom. The summed E-state index contributed by atoms with van der Waals surface area (Å²) in [6.07, 6.45) is 0.394. The van der Waals surface area contributed by atoms with Crippen LogP contribution in [-0.2, 0) is 20.7 Å². The molecule has 0 saturated carbocycles. The molecule has 0 aliphatic carbocycles. The molecule has 10 nitrogen and oxygen atoms in total. The number of ether oxygens (including phenoxy) is 1. The highest BCUT2D eigenvalue weighted by Gasteiger charge is 2.22. The van der Waals surface area contributed by atoms with Crippen LogP contribution in [0.5, 0.6) is 34.5 Å². The van der Waals surface area contributed by atoms with Crippen molar-refractivity contribution < 1.29 is 50.1 Å². The zero-order valence-electron chi connectivity index (χ0n) is 19.6. The predicted molar refractivity (Wildman–Crippen MR) is 136 cm³/mol. The van der Waals surface area contributed by atoms with Crippen LogP contribution in [0.4, 0.5) is 0 Å². The van der Waals surface area contributed by atoms with E-state index in [2.05, 4.69) is 0 Å². The molecule has 0 heterocycles. The fourth-order valence-electron chi connectivity index (χ4n) is 3.87. The number of esters is 1. The lowest BCUT2D eigenvalue weighted by Crippen LogP contribution is -2.28. The maximum atomic E-state index is 12.5. The zero-order valence-corrected chi connectivity index (χ0v) is 19.6. The summed E-state index contributed by atoms with van der Waals surface area (Å²) in [5, 5.41) is 69.1. The predicted octanol–water partition coefficient (Wildman–Crippen LogP) is 3.99. The fourth-order valence-corrected chi connectivity index (χ4v) is 3.87. The zero-order chi connectivity index (χ0) is 27.6. The molecule has 1 atom stereocenters. The van der Waals surface area contributed by atoms with Crippen molar-refractivity contribution in [3.63, 3.8) is 0 Å². The van der Waals surface area contributed by atoms with E-state index >= 15 is 0 Å². The standard InChI is InChI=1S/C28H22O10/c29-20-6-1-14(9-22(20)31)10-25(28(36)37)38-26(34)8-4-17-13-24(33)27(35)18-5-2-15(11-19(17)18)16-3-7-21(30)23(32)12-16/h1-9,11-13,25,29-33,35H,10H2,(H,36,37)/b8-4+/t25-/m1/s1. The highest BCUT2D eigenvalue weighted by molar-refractivity contribution is 6.01. The second-order valence-corrected chi connectivity index (χ2v) is 8.42. The van der Waals surface area contributed by atoms with Gasteiger partial charge in [-0.1, -0.05) is 18.2 Å². The topological polar surface area (TPSA) is 185 Å². The van der Waals surface area contributed by atoms with Crippen LogP contribution in [0.1, 0.15) is 11.1 Å². The fraction of sp³-hybridized carbons (Fsp3) is 0.0714. The quantitative estimate of drug-likeness (QED) is 0.107. The lowest BCUT2D eigenvalue weighted by atomic mass is 9.96. The van der Waals surface area contributed by atoms with E-state index in [1.165, 1.54) is 42.5 Å². The first-order valence-corrected chi connectivity index (χ1v) is 11.2. The Morgan fingerprint density at radius 2 is 1.34 bits per heavy atom. The Hall–Kier alpha value is -5.38. The van der Waals surface area contributed by atoms with Crippen LogP contribution in [0.15, 0.2) is 66.7 Å². The van der Waals surface area contributed by atoms with Gasteiger partial charge < -0.3 is 40.5 Å². The third-order valence-corrected chi connectivity index (χ3v) is 5.82. The summed E-state index contributed by atoms with van der Waals surface area (Å²) in [7, 11) is 0. The molecule has 10 heteroatoms. The maximum Gasteiger partial charge on any atom is 0.345 e. The van der Waals surface area contributed by atoms with Gasteiger partial charge in [-0.15, -0.1) is 0 Å². The monoisotopic (exact) mass is 518 g/mol. The number of hydrogen-bond donors (Lipinski definition) is 7. The number of aromatic hydroxyl groups is 6. The van der Waals surface area contributed by atoms with E-state index < -0.39 is 29.5 Å². The Kier molecular flexibility index (Phi) is 6.98. The molecule has 0 amide bonds. The average Bonchev–Trinajstić information content (AvgIpc) is 2.88. The second-order valence-electron chi connectivity index (χ2n) is 8.42. The Balaban J connectivity index is 1.62. The summed E-state index contributed by atoms with van der Waals surface area (Å²) in [6, 6.07) is 14.0. The van der Waals surface area contributed by atoms with Crippen molar-refractivity contribution in [3.05, 3.63) is 77.9 Å². The molecule has 38 heavy (non-hydrogen) atoms. The molecule has 0 radical (unpaired) electrons. The number of aliphatic carboxylic acids is 1. The number of phenolic OH excluding ortho intramolecular Hbond substituents is 6. The molecular formula is C28H22O10. The molecule has 0 aliphatic rings. The Morgan fingerprint density at radius 3 is 2.00 bits per heavy atom. The van der Waals surface area contributed by atoms with Crippen LogP contribution in [-0.4, -0.2) is 53.8 Å². The number of carboxylic acid groups (broad SMARTS) is 1. The molecule has 0 unspecified atom stereocenters. The number of carbonyl (C=O) groups excluding carboxylic acids is 1. The summed E-state index contributed by atoms with van der Waals surface area (Å²) in [5.41, 5.74) is 1.76. The van der Waals surface area contributed by atoms with Crippen molar-refractivity contribution in [2.75, 3.05) is 0 Å². The molecule has 0 aliphatic heterocycles. The van der Waals surface area contributed by atoms with Gasteiger partial charge in [-0.3, -0.25) is 0 Å². The van der Waals surface area contributed by atoms with E-state index in [-0.39, 0.29) is 34.8 Å². The van der Waals surface area contributed by atoms with E-state index in [0.29, 0.717) is 27.6 Å². The summed E-state index contributed by atoms with van der Waals surface area (Å²) >= 11 is 0. The van der Waals surface area contributed by atoms with Gasteiger partial charge in [0.25, 0.3) is 0 Å². The summed E-state index contributed by atoms with van der Waals surface area (Å²) in [5.74, 6) is -4.70. The Bertz CT molecular complexity index is 1590. The van der Waals surface area contributed by atoms with Gasteiger partial charge in [-0.2, -0.15) is 0 Å². The third-order valence-electron chi connectivity index (χ3n) is 5.82. The molecule has 7 N–H and O–H groups in total. The minimum absolute atomic E-state index is 0.264. The number of fused-ring (bicyclic) bond motifs is 1. The van der Waals surface area contributed by atoms with Gasteiger partial charge in [0, 0.05) is 17.9 Å². The second kappa shape index (κ2) is 10.3. The first kappa shape index (κ1) is 25.7. The van der Waals surface area contributed by atoms with Crippen LogP contribution in [0.25, 0.3) is 28.0 Å². The van der Waals surface area contributed by atoms with E-state index in [4.69, 9.17) is 4.74 Å². The van der Waals surface area contributed by atoms with Gasteiger partial charge in [0.1, 0.15) is 0 Å². The van der Waals surface area contributed by atoms with Crippen LogP contribution >= 0.6 is 0 Å². The molecule has 4 rings (SSSR count). The summed E-state index contributed by atoms with van der Waals surface area (Å²) < 4.78 is 5.06. The lowest BCUT2D eigenvalue weighted by molar-refractivity contribution is -0.160. The number of carboxylic acids is 1. The molecular weight excluding hydrogens is 496 g/mol. The SMILES string of the molecule is O=C(/C=C/c1cc(O)c(O)c2ccc(-c3ccc(O)c(O)c3)cc12)O[C@H](Cc1ccc(O)c(O)c1)C(=O)O. The van der Waals surface area contributed by atoms with Gasteiger partial charge in [-0.05, 0) is 76.2 Å². The third kappa shape index (κ3) is 5.39. The van der Waals surface area contributed by atoms with Crippen LogP contribution in [0.3, 0.4) is 0 Å². The van der Waals surface area contributed by atoms with Gasteiger partial charge in [0.2, 0.25) is 6.10 Å². The first-order valence-electron chi connectivity index (χ1n) is 11.2. The van der Waals surface area contributed by atoms with E-state index in [1.807, 2.05) is 0 Å². The number of hydrogen-bond acceptors (Lipinski definition) is 9. The summed E-state index contributed by atoms with van der Waals surface area (Å²) in [6.45, 7) is 0. The minimum Gasteiger partial charge on any atom is -0.504 e. The highest BCUT2D eigenvalue weighted by atomic mass is 16.6. The van der Waals surface area contributed by atoms with Crippen LogP contribution in [0.2, 0.25) is 0 Å². The first-order chi connectivity index (χ1) is 18.0. The average molecular weight is 518 g/mol. The van der Waals surface area contributed by atoms with Gasteiger partial charge >= 0.3 is 11.9 Å². The molecule has 0 spiro atoms. The minimum atomic E-state index is -1.59.